The van der Waals surface area contributed by atoms with Gasteiger partial charge in [-0.2, -0.15) is 0 Å². The van der Waals surface area contributed by atoms with E-state index in [0.717, 1.165) is 21.8 Å². The van der Waals surface area contributed by atoms with E-state index in [2.05, 4.69) is 4.98 Å². The van der Waals surface area contributed by atoms with E-state index in [9.17, 15) is 9.59 Å². The number of primary amides is 1. The first-order chi connectivity index (χ1) is 11.9. The summed E-state index contributed by atoms with van der Waals surface area (Å²) < 4.78 is 6.81. The summed E-state index contributed by atoms with van der Waals surface area (Å²) in [6, 6.07) is 7.61. The molecule has 1 aromatic carbocycles. The number of carbonyl (C=O) groups is 1. The fourth-order valence-corrected chi connectivity index (χ4v) is 3.99. The fraction of sp³-hybridized carbons (Fsp3) is 0.278. The first-order valence-electron chi connectivity index (χ1n) is 7.85. The molecule has 0 radical (unpaired) electrons. The van der Waals surface area contributed by atoms with Gasteiger partial charge in [0.2, 0.25) is 5.91 Å². The summed E-state index contributed by atoms with van der Waals surface area (Å²) in [7, 11) is 1.61. The van der Waals surface area contributed by atoms with Crippen LogP contribution in [0.25, 0.3) is 21.3 Å². The van der Waals surface area contributed by atoms with Crippen LogP contribution < -0.4 is 16.0 Å². The number of aryl methyl sites for hydroxylation is 2. The Hall–Kier alpha value is -2.67. The molecule has 130 valence electrons. The van der Waals surface area contributed by atoms with Gasteiger partial charge in [-0.15, -0.1) is 11.3 Å². The molecule has 0 unspecified atom stereocenters. The van der Waals surface area contributed by atoms with Crippen molar-refractivity contribution < 1.29 is 9.53 Å². The van der Waals surface area contributed by atoms with Gasteiger partial charge in [0.1, 0.15) is 16.4 Å². The normalized spacial score (nSPS) is 11.0. The van der Waals surface area contributed by atoms with Gasteiger partial charge in [-0.1, -0.05) is 12.1 Å². The number of ether oxygens (including phenoxy) is 1. The van der Waals surface area contributed by atoms with E-state index < -0.39 is 5.91 Å². The number of fused-ring (bicyclic) bond motifs is 1. The molecule has 3 aromatic rings. The van der Waals surface area contributed by atoms with Crippen LogP contribution in [-0.4, -0.2) is 22.6 Å². The average Bonchev–Trinajstić information content (AvgIpc) is 2.90. The maximum atomic E-state index is 13.1. The highest BCUT2D eigenvalue weighted by Gasteiger charge is 2.19. The van der Waals surface area contributed by atoms with Crippen molar-refractivity contribution in [1.82, 2.24) is 9.55 Å². The van der Waals surface area contributed by atoms with Crippen molar-refractivity contribution in [3.8, 4) is 16.9 Å². The SMILES string of the molecule is COc1cccc(-c2c(C)sc3nc(C)n(CCC(N)=O)c(=O)c23)c1. The van der Waals surface area contributed by atoms with Crippen LogP contribution in [0.4, 0.5) is 0 Å². The zero-order valence-corrected chi connectivity index (χ0v) is 15.1. The van der Waals surface area contributed by atoms with Crippen LogP contribution in [0.1, 0.15) is 17.1 Å². The fourth-order valence-electron chi connectivity index (χ4n) is 2.91. The van der Waals surface area contributed by atoms with Gasteiger partial charge < -0.3 is 10.5 Å². The second kappa shape index (κ2) is 6.68. The Bertz CT molecular complexity index is 1020. The van der Waals surface area contributed by atoms with Crippen molar-refractivity contribution in [2.24, 2.45) is 5.73 Å². The second-order valence-corrected chi connectivity index (χ2v) is 6.98. The molecule has 0 fully saturated rings. The molecule has 0 aliphatic rings. The van der Waals surface area contributed by atoms with Crippen LogP contribution in [0.3, 0.4) is 0 Å². The molecular weight excluding hydrogens is 338 g/mol. The largest absolute Gasteiger partial charge is 0.497 e. The minimum absolute atomic E-state index is 0.103. The van der Waals surface area contributed by atoms with Crippen molar-refractivity contribution in [3.63, 3.8) is 0 Å². The molecule has 0 spiro atoms. The van der Waals surface area contributed by atoms with Gasteiger partial charge in [-0.25, -0.2) is 4.98 Å². The monoisotopic (exact) mass is 357 g/mol. The lowest BCUT2D eigenvalue weighted by atomic mass is 10.0. The van der Waals surface area contributed by atoms with Gasteiger partial charge >= 0.3 is 0 Å². The van der Waals surface area contributed by atoms with Crippen LogP contribution in [0.5, 0.6) is 5.75 Å². The third kappa shape index (κ3) is 3.15. The molecule has 7 heteroatoms. The average molecular weight is 357 g/mol. The number of nitrogens with two attached hydrogens (primary N) is 1. The highest BCUT2D eigenvalue weighted by atomic mass is 32.1. The third-order valence-electron chi connectivity index (χ3n) is 4.12. The lowest BCUT2D eigenvalue weighted by Gasteiger charge is -2.09. The Morgan fingerprint density at radius 1 is 1.36 bits per heavy atom. The van der Waals surface area contributed by atoms with Crippen molar-refractivity contribution >= 4 is 27.5 Å². The lowest BCUT2D eigenvalue weighted by molar-refractivity contribution is -0.118. The molecule has 0 aliphatic heterocycles. The van der Waals surface area contributed by atoms with E-state index in [4.69, 9.17) is 10.5 Å². The molecule has 25 heavy (non-hydrogen) atoms. The van der Waals surface area contributed by atoms with Gasteiger partial charge in [0.05, 0.1) is 12.5 Å². The molecule has 0 atom stereocenters. The molecule has 3 rings (SSSR count). The number of benzene rings is 1. The maximum absolute atomic E-state index is 13.1. The zero-order valence-electron chi connectivity index (χ0n) is 14.3. The number of rotatable bonds is 5. The number of carbonyl (C=O) groups excluding carboxylic acids is 1. The van der Waals surface area contributed by atoms with E-state index in [1.54, 1.807) is 14.0 Å². The van der Waals surface area contributed by atoms with E-state index in [-0.39, 0.29) is 18.5 Å². The summed E-state index contributed by atoms with van der Waals surface area (Å²) in [5.41, 5.74) is 6.85. The summed E-state index contributed by atoms with van der Waals surface area (Å²) >= 11 is 1.49. The highest BCUT2D eigenvalue weighted by Crippen LogP contribution is 2.36. The molecule has 6 nitrogen and oxygen atoms in total. The number of amides is 1. The molecule has 2 heterocycles. The van der Waals surface area contributed by atoms with Gasteiger partial charge in [-0.3, -0.25) is 14.2 Å². The smallest absolute Gasteiger partial charge is 0.262 e. The Balaban J connectivity index is 2.25. The number of methoxy groups -OCH3 is 1. The van der Waals surface area contributed by atoms with Crippen LogP contribution in [0.2, 0.25) is 0 Å². The summed E-state index contributed by atoms with van der Waals surface area (Å²) in [5.74, 6) is 0.864. The van der Waals surface area contributed by atoms with E-state index in [1.807, 2.05) is 31.2 Å². The molecule has 2 N–H and O–H groups in total. The number of hydrogen-bond donors (Lipinski definition) is 1. The van der Waals surface area contributed by atoms with Crippen LogP contribution in [0.15, 0.2) is 29.1 Å². The van der Waals surface area contributed by atoms with Crippen LogP contribution in [-0.2, 0) is 11.3 Å². The number of thiophene rings is 1. The molecular formula is C18H19N3O3S. The van der Waals surface area contributed by atoms with Crippen molar-refractivity contribution in [2.45, 2.75) is 26.8 Å². The molecule has 0 saturated heterocycles. The molecule has 0 bridgehead atoms. The van der Waals surface area contributed by atoms with Gasteiger partial charge in [0.25, 0.3) is 5.56 Å². The van der Waals surface area contributed by atoms with Gasteiger partial charge in [0.15, 0.2) is 0 Å². The summed E-state index contributed by atoms with van der Waals surface area (Å²) in [5, 5.41) is 0.575. The quantitative estimate of drug-likeness (QED) is 0.760. The van der Waals surface area contributed by atoms with Gasteiger partial charge in [-0.05, 0) is 31.5 Å². The maximum Gasteiger partial charge on any atom is 0.262 e. The molecule has 0 aliphatic carbocycles. The predicted molar refractivity (Wildman–Crippen MR) is 99.2 cm³/mol. The second-order valence-electron chi connectivity index (χ2n) is 5.78. The summed E-state index contributed by atoms with van der Waals surface area (Å²) in [4.78, 5) is 30.4. The van der Waals surface area contributed by atoms with Crippen LogP contribution in [0, 0.1) is 13.8 Å². The minimum atomic E-state index is -0.444. The summed E-state index contributed by atoms with van der Waals surface area (Å²) in [6.45, 7) is 3.97. The summed E-state index contributed by atoms with van der Waals surface area (Å²) in [6.07, 6.45) is 0.103. The van der Waals surface area contributed by atoms with Crippen molar-refractivity contribution in [2.75, 3.05) is 7.11 Å². The van der Waals surface area contributed by atoms with Crippen molar-refractivity contribution in [1.29, 1.82) is 0 Å². The number of aromatic nitrogens is 2. The first-order valence-corrected chi connectivity index (χ1v) is 8.67. The molecule has 1 amide bonds. The first kappa shape index (κ1) is 17.2. The molecule has 0 saturated carbocycles. The minimum Gasteiger partial charge on any atom is -0.497 e. The number of nitrogens with zero attached hydrogens (tertiary/aromatic N) is 2. The lowest BCUT2D eigenvalue weighted by Crippen LogP contribution is -2.26. The van der Waals surface area contributed by atoms with E-state index in [0.29, 0.717) is 16.0 Å². The van der Waals surface area contributed by atoms with Gasteiger partial charge in [0, 0.05) is 23.4 Å². The predicted octanol–water partition coefficient (Wildman–Crippen LogP) is 2.63. The molecule has 2 aromatic heterocycles. The third-order valence-corrected chi connectivity index (χ3v) is 5.12. The Morgan fingerprint density at radius 3 is 2.80 bits per heavy atom. The topological polar surface area (TPSA) is 87.2 Å². The Labute approximate surface area is 148 Å². The van der Waals surface area contributed by atoms with Crippen molar-refractivity contribution in [3.05, 3.63) is 45.3 Å². The standard InChI is InChI=1S/C18H19N3O3S/c1-10-15(12-5-4-6-13(9-12)24-3)16-17(25-10)20-11(2)21(18(16)23)8-7-14(19)22/h4-6,9H,7-8H2,1-3H3,(H2,19,22). The number of hydrogen-bond acceptors (Lipinski definition) is 5. The Morgan fingerprint density at radius 2 is 2.12 bits per heavy atom. The Kier molecular flexibility index (Phi) is 4.59. The highest BCUT2D eigenvalue weighted by molar-refractivity contribution is 7.19. The van der Waals surface area contributed by atoms with E-state index in [1.165, 1.54) is 15.9 Å². The van der Waals surface area contributed by atoms with E-state index >= 15 is 0 Å². The van der Waals surface area contributed by atoms with Crippen LogP contribution >= 0.6 is 11.3 Å². The zero-order chi connectivity index (χ0) is 18.1.